The molecule has 0 amide bonds. The molecule has 0 spiro atoms. The molecule has 52 valence electrons. The summed E-state index contributed by atoms with van der Waals surface area (Å²) in [5, 5.41) is 0. The maximum absolute atomic E-state index is 5.60. The average Bonchev–Trinajstić information content (AvgIpc) is 1.87. The van der Waals surface area contributed by atoms with Gasteiger partial charge in [0.1, 0.15) is 0 Å². The van der Waals surface area contributed by atoms with Crippen LogP contribution in [0.3, 0.4) is 0 Å². The summed E-state index contributed by atoms with van der Waals surface area (Å²) >= 11 is 0. The Balaban J connectivity index is 3.86. The minimum atomic E-state index is 0.847. The lowest BCUT2D eigenvalue weighted by atomic mass is 10.1. The lowest BCUT2D eigenvalue weighted by molar-refractivity contribution is 1.07. The maximum atomic E-state index is 5.60. The fourth-order valence-electron chi connectivity index (χ4n) is 0.568. The van der Waals surface area contributed by atoms with Gasteiger partial charge in [-0.1, -0.05) is 26.5 Å². The Morgan fingerprint density at radius 2 is 2.11 bits per heavy atom. The summed E-state index contributed by atoms with van der Waals surface area (Å²) < 4.78 is 0. The van der Waals surface area contributed by atoms with E-state index in [9.17, 15) is 0 Å². The first-order chi connectivity index (χ1) is 4.22. The van der Waals surface area contributed by atoms with Gasteiger partial charge in [0.25, 0.3) is 0 Å². The SMILES string of the molecule is C=C(CC)/C(N)=C/CC. The first kappa shape index (κ1) is 8.28. The van der Waals surface area contributed by atoms with Gasteiger partial charge in [-0.05, 0) is 18.4 Å². The van der Waals surface area contributed by atoms with Crippen LogP contribution in [0.4, 0.5) is 0 Å². The highest BCUT2D eigenvalue weighted by atomic mass is 14.6. The lowest BCUT2D eigenvalue weighted by Gasteiger charge is -1.99. The van der Waals surface area contributed by atoms with E-state index in [1.807, 2.05) is 6.08 Å². The van der Waals surface area contributed by atoms with Crippen LogP contribution in [0.5, 0.6) is 0 Å². The number of allylic oxidation sites excluding steroid dienone is 2. The van der Waals surface area contributed by atoms with Gasteiger partial charge in [-0.2, -0.15) is 0 Å². The Labute approximate surface area is 57.3 Å². The van der Waals surface area contributed by atoms with Crippen LogP contribution in [0, 0.1) is 0 Å². The molecule has 0 aromatic carbocycles. The van der Waals surface area contributed by atoms with Crippen LogP contribution in [0.1, 0.15) is 26.7 Å². The summed E-state index contributed by atoms with van der Waals surface area (Å²) in [4.78, 5) is 0. The van der Waals surface area contributed by atoms with E-state index < -0.39 is 0 Å². The molecule has 0 radical (unpaired) electrons. The molecule has 9 heavy (non-hydrogen) atoms. The summed E-state index contributed by atoms with van der Waals surface area (Å²) in [7, 11) is 0. The monoisotopic (exact) mass is 125 g/mol. The molecule has 2 N–H and O–H groups in total. The van der Waals surface area contributed by atoms with E-state index in [0.29, 0.717) is 0 Å². The Morgan fingerprint density at radius 3 is 2.44 bits per heavy atom. The molecule has 1 heteroatoms. The van der Waals surface area contributed by atoms with Crippen molar-refractivity contribution in [1.29, 1.82) is 0 Å². The second kappa shape index (κ2) is 4.19. The van der Waals surface area contributed by atoms with Crippen molar-refractivity contribution in [2.75, 3.05) is 0 Å². The van der Waals surface area contributed by atoms with Crippen LogP contribution in [-0.4, -0.2) is 0 Å². The molecule has 1 nitrogen and oxygen atoms in total. The van der Waals surface area contributed by atoms with Gasteiger partial charge in [-0.3, -0.25) is 0 Å². The molecule has 0 saturated heterocycles. The van der Waals surface area contributed by atoms with E-state index in [-0.39, 0.29) is 0 Å². The molecule has 0 saturated carbocycles. The van der Waals surface area contributed by atoms with E-state index >= 15 is 0 Å². The highest BCUT2D eigenvalue weighted by molar-refractivity contribution is 5.23. The highest BCUT2D eigenvalue weighted by Gasteiger charge is 1.90. The van der Waals surface area contributed by atoms with Gasteiger partial charge in [-0.15, -0.1) is 0 Å². The Kier molecular flexibility index (Phi) is 3.85. The molecular formula is C8H15N. The molecule has 0 aromatic heterocycles. The molecule has 0 aliphatic rings. The molecular weight excluding hydrogens is 110 g/mol. The fourth-order valence-corrected chi connectivity index (χ4v) is 0.568. The van der Waals surface area contributed by atoms with Gasteiger partial charge in [0, 0.05) is 5.70 Å². The smallest absolute Gasteiger partial charge is 0.0299 e. The molecule has 0 aliphatic carbocycles. The largest absolute Gasteiger partial charge is 0.399 e. The van der Waals surface area contributed by atoms with Crippen molar-refractivity contribution in [2.45, 2.75) is 26.7 Å². The molecule has 0 aliphatic heterocycles. The van der Waals surface area contributed by atoms with E-state index in [1.54, 1.807) is 0 Å². The zero-order valence-electron chi connectivity index (χ0n) is 6.28. The molecule has 0 unspecified atom stereocenters. The Hall–Kier alpha value is -0.720. The predicted octanol–water partition coefficient (Wildman–Crippen LogP) is 2.21. The molecule has 0 rings (SSSR count). The molecule has 0 atom stereocenters. The van der Waals surface area contributed by atoms with E-state index in [0.717, 1.165) is 24.1 Å². The first-order valence-electron chi connectivity index (χ1n) is 3.36. The Bertz CT molecular complexity index is 123. The van der Waals surface area contributed by atoms with Crippen molar-refractivity contribution < 1.29 is 0 Å². The van der Waals surface area contributed by atoms with Crippen LogP contribution in [0.25, 0.3) is 0 Å². The van der Waals surface area contributed by atoms with E-state index in [1.165, 1.54) is 0 Å². The van der Waals surface area contributed by atoms with Crippen molar-refractivity contribution in [3.8, 4) is 0 Å². The van der Waals surface area contributed by atoms with Gasteiger partial charge in [0.05, 0.1) is 0 Å². The second-order valence-corrected chi connectivity index (χ2v) is 2.02. The average molecular weight is 125 g/mol. The number of rotatable bonds is 3. The van der Waals surface area contributed by atoms with Gasteiger partial charge in [-0.25, -0.2) is 0 Å². The van der Waals surface area contributed by atoms with Crippen LogP contribution in [0.2, 0.25) is 0 Å². The van der Waals surface area contributed by atoms with Crippen molar-refractivity contribution in [1.82, 2.24) is 0 Å². The van der Waals surface area contributed by atoms with Crippen LogP contribution in [0.15, 0.2) is 23.9 Å². The molecule has 0 fully saturated rings. The number of hydrogen-bond acceptors (Lipinski definition) is 1. The van der Waals surface area contributed by atoms with Gasteiger partial charge in [0.2, 0.25) is 0 Å². The first-order valence-corrected chi connectivity index (χ1v) is 3.36. The number of hydrogen-bond donors (Lipinski definition) is 1. The predicted molar refractivity (Wildman–Crippen MR) is 42.0 cm³/mol. The third-order valence-corrected chi connectivity index (χ3v) is 1.26. The summed E-state index contributed by atoms with van der Waals surface area (Å²) in [5.41, 5.74) is 7.49. The Morgan fingerprint density at radius 1 is 1.56 bits per heavy atom. The zero-order valence-corrected chi connectivity index (χ0v) is 6.28. The van der Waals surface area contributed by atoms with Crippen molar-refractivity contribution in [3.63, 3.8) is 0 Å². The quantitative estimate of drug-likeness (QED) is 0.575. The summed E-state index contributed by atoms with van der Waals surface area (Å²) in [5.74, 6) is 0. The van der Waals surface area contributed by atoms with E-state index in [4.69, 9.17) is 5.73 Å². The van der Waals surface area contributed by atoms with Crippen LogP contribution in [-0.2, 0) is 0 Å². The second-order valence-electron chi connectivity index (χ2n) is 2.02. The van der Waals surface area contributed by atoms with Gasteiger partial charge in [0.15, 0.2) is 0 Å². The summed E-state index contributed by atoms with van der Waals surface area (Å²) in [6, 6.07) is 0. The molecule has 0 bridgehead atoms. The summed E-state index contributed by atoms with van der Waals surface area (Å²) in [6.07, 6.45) is 3.93. The standard InChI is InChI=1S/C8H15N/c1-4-6-8(9)7(3)5-2/h6H,3-5,9H2,1-2H3/b8-6-. The molecule has 0 aromatic rings. The van der Waals surface area contributed by atoms with Crippen molar-refractivity contribution in [2.24, 2.45) is 5.73 Å². The van der Waals surface area contributed by atoms with Gasteiger partial charge < -0.3 is 5.73 Å². The van der Waals surface area contributed by atoms with E-state index in [2.05, 4.69) is 20.4 Å². The van der Waals surface area contributed by atoms with Crippen LogP contribution < -0.4 is 5.73 Å². The normalized spacial score (nSPS) is 11.6. The highest BCUT2D eigenvalue weighted by Crippen LogP contribution is 2.04. The van der Waals surface area contributed by atoms with Crippen LogP contribution >= 0.6 is 0 Å². The lowest BCUT2D eigenvalue weighted by Crippen LogP contribution is -1.98. The number of nitrogens with two attached hydrogens (primary N) is 1. The van der Waals surface area contributed by atoms with Gasteiger partial charge >= 0.3 is 0 Å². The topological polar surface area (TPSA) is 26.0 Å². The third kappa shape index (κ3) is 2.96. The minimum Gasteiger partial charge on any atom is -0.399 e. The zero-order chi connectivity index (χ0) is 7.28. The molecule has 0 heterocycles. The van der Waals surface area contributed by atoms with Crippen molar-refractivity contribution >= 4 is 0 Å². The van der Waals surface area contributed by atoms with Crippen molar-refractivity contribution in [3.05, 3.63) is 23.9 Å². The summed E-state index contributed by atoms with van der Waals surface area (Å²) in [6.45, 7) is 7.92. The fraction of sp³-hybridized carbons (Fsp3) is 0.500. The maximum Gasteiger partial charge on any atom is 0.0299 e. The third-order valence-electron chi connectivity index (χ3n) is 1.26. The minimum absolute atomic E-state index is 0.847.